The maximum atomic E-state index is 15.5. The standard InChI is InChI=1S/C50H51ClN6O5Si/c1-33-48(63(3,4)40-21-19-39(61-2)20-22-40)46(26-27-55-31-44(52-54-55)41(32-58)35-13-7-5-8-14-35)62-50(33)42-29-37(51)18-24-45(42)56(49(50)60)30-34-12-11-17-38(28-34)57-47(59)25-23-43(53-57)36-15-9-6-10-16-36/h5-22,24,28-29,31,33,41,46,48,58H,23,25-27,30,32H2,1-4H3/t33-,41?,46+,48-,50+/m1/s1. The minimum atomic E-state index is -2.44. The Morgan fingerprint density at radius 2 is 1.67 bits per heavy atom. The first-order valence-electron chi connectivity index (χ1n) is 21.6. The Hall–Kier alpha value is -5.92. The first kappa shape index (κ1) is 42.4. The van der Waals surface area contributed by atoms with Gasteiger partial charge in [-0.1, -0.05) is 127 Å². The third-order valence-electron chi connectivity index (χ3n) is 13.4. The van der Waals surface area contributed by atoms with Crippen molar-refractivity contribution in [3.63, 3.8) is 0 Å². The van der Waals surface area contributed by atoms with Crippen LogP contribution in [-0.4, -0.2) is 65.5 Å². The third-order valence-corrected chi connectivity index (χ3v) is 18.0. The summed E-state index contributed by atoms with van der Waals surface area (Å²) in [6.45, 7) is 7.54. The number of fused-ring (bicyclic) bond motifs is 2. The molecule has 1 saturated heterocycles. The predicted molar refractivity (Wildman–Crippen MR) is 248 cm³/mol. The van der Waals surface area contributed by atoms with E-state index in [2.05, 4.69) is 42.5 Å². The second-order valence-corrected chi connectivity index (χ2v) is 22.5. The summed E-state index contributed by atoms with van der Waals surface area (Å²) >= 11 is 6.80. The number of hydrogen-bond donors (Lipinski definition) is 1. The number of carbonyl (C=O) groups excluding carboxylic acids is 2. The third kappa shape index (κ3) is 7.79. The fourth-order valence-electron chi connectivity index (χ4n) is 10.2. The van der Waals surface area contributed by atoms with Crippen LogP contribution in [0.1, 0.15) is 60.1 Å². The van der Waals surface area contributed by atoms with Gasteiger partial charge in [0.2, 0.25) is 5.91 Å². The highest BCUT2D eigenvalue weighted by atomic mass is 35.5. The lowest BCUT2D eigenvalue weighted by atomic mass is 9.82. The number of aliphatic hydroxyl groups is 1. The molecule has 2 amide bonds. The van der Waals surface area contributed by atoms with E-state index in [4.69, 9.17) is 26.2 Å². The minimum Gasteiger partial charge on any atom is -0.497 e. The lowest BCUT2D eigenvalue weighted by Crippen LogP contribution is -2.51. The SMILES string of the molecule is COc1ccc([Si](C)(C)[C@H]2[C@H](CCn3cc(C(CO)c4ccccc4)nn3)O[C@@]3(C(=O)N(Cc4cccc(N5N=C(c6ccccc6)CCC5=O)c4)c4ccc(Cl)cc43)[C@@H]2C)cc1. The first-order chi connectivity index (χ1) is 30.5. The van der Waals surface area contributed by atoms with Gasteiger partial charge in [-0.05, 0) is 71.1 Å². The summed E-state index contributed by atoms with van der Waals surface area (Å²) in [6.07, 6.45) is 3.06. The molecule has 0 aliphatic carbocycles. The number of nitrogens with zero attached hydrogens (tertiary/aromatic N) is 6. The van der Waals surface area contributed by atoms with Crippen LogP contribution in [0.15, 0.2) is 139 Å². The van der Waals surface area contributed by atoms with Gasteiger partial charge < -0.3 is 19.5 Å². The van der Waals surface area contributed by atoms with Crippen LogP contribution < -0.4 is 19.8 Å². The van der Waals surface area contributed by atoms with Crippen molar-refractivity contribution in [2.24, 2.45) is 11.0 Å². The van der Waals surface area contributed by atoms with Gasteiger partial charge in [0.1, 0.15) is 5.75 Å². The molecule has 5 atom stereocenters. The molecule has 3 aliphatic heterocycles. The van der Waals surface area contributed by atoms with E-state index < -0.39 is 13.7 Å². The molecule has 1 fully saturated rings. The molecule has 13 heteroatoms. The number of benzene rings is 5. The number of anilines is 2. The van der Waals surface area contributed by atoms with Crippen molar-refractivity contribution in [3.8, 4) is 5.75 Å². The van der Waals surface area contributed by atoms with Crippen molar-refractivity contribution in [3.05, 3.63) is 167 Å². The number of ether oxygens (including phenoxy) is 2. The van der Waals surface area contributed by atoms with E-state index in [-0.39, 0.29) is 48.4 Å². The zero-order valence-corrected chi connectivity index (χ0v) is 37.7. The Morgan fingerprint density at radius 3 is 2.40 bits per heavy atom. The smallest absolute Gasteiger partial charge is 0.264 e. The zero-order chi connectivity index (χ0) is 43.9. The fourth-order valence-corrected chi connectivity index (χ4v) is 14.4. The Labute approximate surface area is 373 Å². The minimum absolute atomic E-state index is 0.00996. The summed E-state index contributed by atoms with van der Waals surface area (Å²) in [4.78, 5) is 30.7. The van der Waals surface area contributed by atoms with Crippen molar-refractivity contribution < 1.29 is 24.2 Å². The quantitative estimate of drug-likeness (QED) is 0.116. The lowest BCUT2D eigenvalue weighted by Gasteiger charge is -2.37. The van der Waals surface area contributed by atoms with E-state index in [0.29, 0.717) is 42.2 Å². The highest BCUT2D eigenvalue weighted by Crippen LogP contribution is 2.60. The number of carbonyl (C=O) groups is 2. The largest absolute Gasteiger partial charge is 0.497 e. The summed E-state index contributed by atoms with van der Waals surface area (Å²) < 4.78 is 14.7. The van der Waals surface area contributed by atoms with E-state index >= 15 is 4.79 Å². The van der Waals surface area contributed by atoms with Crippen LogP contribution in [-0.2, 0) is 33.0 Å². The number of aryl methyl sites for hydroxylation is 1. The normalized spacial score (nSPS) is 21.5. The molecule has 5 aromatic carbocycles. The van der Waals surface area contributed by atoms with E-state index in [9.17, 15) is 9.90 Å². The van der Waals surface area contributed by atoms with Gasteiger partial charge in [-0.2, -0.15) is 5.10 Å². The van der Waals surface area contributed by atoms with Crippen LogP contribution in [0.2, 0.25) is 23.7 Å². The zero-order valence-electron chi connectivity index (χ0n) is 35.9. The molecule has 9 rings (SSSR count). The van der Waals surface area contributed by atoms with E-state index in [0.717, 1.165) is 39.4 Å². The number of methoxy groups -OCH3 is 1. The Balaban J connectivity index is 1.05. The molecule has 4 heterocycles. The second-order valence-electron chi connectivity index (χ2n) is 17.3. The van der Waals surface area contributed by atoms with Crippen molar-refractivity contribution in [2.75, 3.05) is 23.6 Å². The molecule has 0 saturated carbocycles. The van der Waals surface area contributed by atoms with Crippen LogP contribution in [0.5, 0.6) is 5.75 Å². The molecule has 6 aromatic rings. The van der Waals surface area contributed by atoms with Crippen molar-refractivity contribution >= 4 is 53.8 Å². The molecule has 1 spiro atoms. The van der Waals surface area contributed by atoms with Crippen LogP contribution in [0.4, 0.5) is 11.4 Å². The number of amides is 2. The second kappa shape index (κ2) is 17.3. The summed E-state index contributed by atoms with van der Waals surface area (Å²) in [6, 6.07) is 41.4. The van der Waals surface area contributed by atoms with Gasteiger partial charge in [-0.25, -0.2) is 5.01 Å². The molecule has 0 bridgehead atoms. The first-order valence-corrected chi connectivity index (χ1v) is 25.0. The molecule has 1 N–H and O–H groups in total. The molecule has 0 radical (unpaired) electrons. The Bertz CT molecular complexity index is 2660. The van der Waals surface area contributed by atoms with Gasteiger partial charge in [0.05, 0.1) is 63.1 Å². The molecule has 11 nitrogen and oxygen atoms in total. The molecule has 63 heavy (non-hydrogen) atoms. The number of aliphatic hydroxyl groups excluding tert-OH is 1. The van der Waals surface area contributed by atoms with Crippen LogP contribution in [0, 0.1) is 5.92 Å². The predicted octanol–water partition coefficient (Wildman–Crippen LogP) is 8.45. The summed E-state index contributed by atoms with van der Waals surface area (Å²) in [5, 5.41) is 27.4. The average Bonchev–Trinajstić information content (AvgIpc) is 3.96. The van der Waals surface area contributed by atoms with Crippen molar-refractivity contribution in [2.45, 2.75) is 75.5 Å². The highest BCUT2D eigenvalue weighted by molar-refractivity contribution is 6.91. The van der Waals surface area contributed by atoms with Crippen LogP contribution in [0.25, 0.3) is 0 Å². The van der Waals surface area contributed by atoms with E-state index in [1.54, 1.807) is 7.11 Å². The van der Waals surface area contributed by atoms with E-state index in [1.165, 1.54) is 10.2 Å². The molecular weight excluding hydrogens is 828 g/mol. The Morgan fingerprint density at radius 1 is 0.921 bits per heavy atom. The van der Waals surface area contributed by atoms with Gasteiger partial charge in [0.15, 0.2) is 5.60 Å². The fraction of sp³-hybridized carbons (Fsp3) is 0.300. The van der Waals surface area contributed by atoms with Crippen LogP contribution >= 0.6 is 11.6 Å². The van der Waals surface area contributed by atoms with Crippen molar-refractivity contribution in [1.82, 2.24) is 15.0 Å². The number of rotatable bonds is 13. The number of aromatic nitrogens is 3. The topological polar surface area (TPSA) is 122 Å². The monoisotopic (exact) mass is 878 g/mol. The molecular formula is C50H51ClN6O5Si. The molecule has 322 valence electrons. The lowest BCUT2D eigenvalue weighted by molar-refractivity contribution is -0.146. The molecule has 1 aromatic heterocycles. The number of hydrogen-bond acceptors (Lipinski definition) is 8. The maximum Gasteiger partial charge on any atom is 0.264 e. The van der Waals surface area contributed by atoms with Gasteiger partial charge in [-0.15, -0.1) is 5.10 Å². The summed E-state index contributed by atoms with van der Waals surface area (Å²) in [5.41, 5.74) is 5.17. The highest BCUT2D eigenvalue weighted by Gasteiger charge is 2.66. The number of halogens is 1. The maximum absolute atomic E-state index is 15.5. The van der Waals surface area contributed by atoms with Crippen molar-refractivity contribution in [1.29, 1.82) is 0 Å². The Kier molecular flexibility index (Phi) is 11.7. The average molecular weight is 880 g/mol. The number of hydrazone groups is 1. The van der Waals surface area contributed by atoms with E-state index in [1.807, 2.05) is 131 Å². The van der Waals surface area contributed by atoms with Gasteiger partial charge in [0, 0.05) is 42.1 Å². The van der Waals surface area contributed by atoms with Crippen LogP contribution in [0.3, 0.4) is 0 Å². The molecule has 3 aliphatic rings. The summed E-state index contributed by atoms with van der Waals surface area (Å²) in [7, 11) is -0.771. The summed E-state index contributed by atoms with van der Waals surface area (Å²) in [5.74, 6) is 0.0211. The molecule has 1 unspecified atom stereocenters. The van der Waals surface area contributed by atoms with Gasteiger partial charge >= 0.3 is 0 Å². The van der Waals surface area contributed by atoms with Gasteiger partial charge in [0.25, 0.3) is 5.91 Å². The van der Waals surface area contributed by atoms with Gasteiger partial charge in [-0.3, -0.25) is 14.3 Å².